The Labute approximate surface area is 177 Å². The molecule has 0 aliphatic carbocycles. The van der Waals surface area contributed by atoms with Crippen LogP contribution in [0, 0.1) is 0 Å². The molecule has 0 aromatic heterocycles. The van der Waals surface area contributed by atoms with E-state index in [4.69, 9.17) is 10.5 Å². The summed E-state index contributed by atoms with van der Waals surface area (Å²) < 4.78 is 6.54. The summed E-state index contributed by atoms with van der Waals surface area (Å²) in [6, 6.07) is 27.0. The molecule has 2 unspecified atom stereocenters. The SMILES string of the molecule is C=Cc1cccc2c1[N+](CCCCOc1ccccc1)(c1ccccc1)C(N)S2. The highest BCUT2D eigenvalue weighted by atomic mass is 32.2. The molecule has 4 rings (SSSR count). The van der Waals surface area contributed by atoms with Crippen LogP contribution in [-0.4, -0.2) is 18.6 Å². The van der Waals surface area contributed by atoms with Crippen LogP contribution in [0.2, 0.25) is 0 Å². The Balaban J connectivity index is 1.58. The van der Waals surface area contributed by atoms with Gasteiger partial charge in [-0.15, -0.1) is 0 Å². The second kappa shape index (κ2) is 8.87. The number of para-hydroxylation sites is 3. The summed E-state index contributed by atoms with van der Waals surface area (Å²) in [5.41, 5.74) is 10.4. The Bertz CT molecular complexity index is 961. The molecule has 3 aromatic rings. The number of benzene rings is 3. The maximum absolute atomic E-state index is 6.80. The van der Waals surface area contributed by atoms with E-state index in [1.165, 1.54) is 16.3 Å². The zero-order valence-corrected chi connectivity index (χ0v) is 17.4. The van der Waals surface area contributed by atoms with Crippen molar-refractivity contribution in [2.75, 3.05) is 13.2 Å². The first-order valence-corrected chi connectivity index (χ1v) is 10.9. The van der Waals surface area contributed by atoms with E-state index in [1.54, 1.807) is 11.8 Å². The third-order valence-corrected chi connectivity index (χ3v) is 6.65. The summed E-state index contributed by atoms with van der Waals surface area (Å²) in [6.07, 6.45) is 3.94. The zero-order valence-electron chi connectivity index (χ0n) is 16.5. The number of hydrogen-bond acceptors (Lipinski definition) is 3. The minimum Gasteiger partial charge on any atom is -0.494 e. The van der Waals surface area contributed by atoms with E-state index in [1.807, 2.05) is 36.4 Å². The molecule has 0 spiro atoms. The van der Waals surface area contributed by atoms with Crippen molar-refractivity contribution in [2.45, 2.75) is 23.2 Å². The van der Waals surface area contributed by atoms with Gasteiger partial charge < -0.3 is 4.74 Å². The predicted octanol–water partition coefficient (Wildman–Crippen LogP) is 6.18. The fourth-order valence-corrected chi connectivity index (χ4v) is 5.40. The van der Waals surface area contributed by atoms with Gasteiger partial charge in [0.1, 0.15) is 11.4 Å². The molecule has 0 saturated carbocycles. The highest BCUT2D eigenvalue weighted by Gasteiger charge is 2.48. The van der Waals surface area contributed by atoms with Gasteiger partial charge in [0.25, 0.3) is 0 Å². The first kappa shape index (κ1) is 19.8. The van der Waals surface area contributed by atoms with Gasteiger partial charge >= 0.3 is 0 Å². The zero-order chi connectivity index (χ0) is 20.1. The van der Waals surface area contributed by atoms with E-state index in [-0.39, 0.29) is 5.50 Å². The van der Waals surface area contributed by atoms with Crippen LogP contribution in [0.25, 0.3) is 6.08 Å². The molecule has 4 heteroatoms. The number of nitrogens with two attached hydrogens (primary N) is 1. The highest BCUT2D eigenvalue weighted by molar-refractivity contribution is 8.00. The lowest BCUT2D eigenvalue weighted by Crippen LogP contribution is -2.54. The van der Waals surface area contributed by atoms with Gasteiger partial charge in [0.05, 0.1) is 18.0 Å². The van der Waals surface area contributed by atoms with E-state index in [0.29, 0.717) is 11.1 Å². The summed E-state index contributed by atoms with van der Waals surface area (Å²) in [5, 5.41) is 0. The number of thioether (sulfide) groups is 1. The molecule has 0 amide bonds. The lowest BCUT2D eigenvalue weighted by Gasteiger charge is -2.38. The molecule has 1 heterocycles. The van der Waals surface area contributed by atoms with E-state index < -0.39 is 0 Å². The molecule has 3 nitrogen and oxygen atoms in total. The summed E-state index contributed by atoms with van der Waals surface area (Å²) in [5.74, 6) is 0.923. The average molecular weight is 404 g/mol. The van der Waals surface area contributed by atoms with Crippen LogP contribution in [0.4, 0.5) is 11.4 Å². The first-order chi connectivity index (χ1) is 14.3. The van der Waals surface area contributed by atoms with E-state index in [9.17, 15) is 0 Å². The number of nitrogens with zero attached hydrogens (tertiary/aromatic N) is 1. The quantitative estimate of drug-likeness (QED) is 0.360. The minimum atomic E-state index is -0.0801. The van der Waals surface area contributed by atoms with Gasteiger partial charge in [-0.1, -0.05) is 55.1 Å². The molecule has 29 heavy (non-hydrogen) atoms. The molecular weight excluding hydrogens is 376 g/mol. The summed E-state index contributed by atoms with van der Waals surface area (Å²) in [4.78, 5) is 1.25. The maximum Gasteiger partial charge on any atom is 0.202 e. The van der Waals surface area contributed by atoms with E-state index in [0.717, 1.165) is 30.7 Å². The van der Waals surface area contributed by atoms with Crippen LogP contribution < -0.4 is 15.0 Å². The molecule has 0 saturated heterocycles. The van der Waals surface area contributed by atoms with Crippen molar-refractivity contribution in [3.63, 3.8) is 0 Å². The number of hydrogen-bond donors (Lipinski definition) is 1. The van der Waals surface area contributed by atoms with Gasteiger partial charge in [-0.3, -0.25) is 5.73 Å². The van der Waals surface area contributed by atoms with Gasteiger partial charge in [-0.25, -0.2) is 4.48 Å². The fourth-order valence-electron chi connectivity index (χ4n) is 4.08. The van der Waals surface area contributed by atoms with E-state index >= 15 is 0 Å². The van der Waals surface area contributed by atoms with Crippen molar-refractivity contribution in [1.29, 1.82) is 0 Å². The monoisotopic (exact) mass is 403 g/mol. The van der Waals surface area contributed by atoms with Crippen molar-refractivity contribution in [2.24, 2.45) is 5.73 Å². The Hall–Kier alpha value is -2.53. The number of ether oxygens (including phenoxy) is 1. The summed E-state index contributed by atoms with van der Waals surface area (Å²) in [6.45, 7) is 5.69. The van der Waals surface area contributed by atoms with Crippen LogP contribution in [-0.2, 0) is 0 Å². The van der Waals surface area contributed by atoms with Gasteiger partial charge in [0.15, 0.2) is 5.69 Å². The third kappa shape index (κ3) is 3.84. The van der Waals surface area contributed by atoms with Crippen LogP contribution in [0.5, 0.6) is 5.75 Å². The molecule has 1 aliphatic heterocycles. The third-order valence-electron chi connectivity index (χ3n) is 5.47. The van der Waals surface area contributed by atoms with Gasteiger partial charge in [0.2, 0.25) is 5.50 Å². The number of unbranched alkanes of at least 4 members (excludes halogenated alkanes) is 1. The molecule has 2 atom stereocenters. The Morgan fingerprint density at radius 2 is 1.66 bits per heavy atom. The smallest absolute Gasteiger partial charge is 0.202 e. The van der Waals surface area contributed by atoms with Gasteiger partial charge in [0, 0.05) is 12.0 Å². The second-order valence-corrected chi connectivity index (χ2v) is 8.36. The molecule has 1 aliphatic rings. The normalized spacial score (nSPS) is 20.2. The van der Waals surface area contributed by atoms with Gasteiger partial charge in [-0.05, 0) is 54.6 Å². The summed E-state index contributed by atoms with van der Waals surface area (Å²) >= 11 is 1.75. The molecule has 0 radical (unpaired) electrons. The average Bonchev–Trinajstić information content (AvgIpc) is 3.07. The lowest BCUT2D eigenvalue weighted by molar-refractivity contribution is 0.289. The number of quaternary nitrogens is 1. The molecule has 0 bridgehead atoms. The maximum atomic E-state index is 6.80. The van der Waals surface area contributed by atoms with E-state index in [2.05, 4.69) is 55.1 Å². The number of rotatable bonds is 8. The van der Waals surface area contributed by atoms with Crippen LogP contribution >= 0.6 is 11.8 Å². The minimum absolute atomic E-state index is 0.0801. The van der Waals surface area contributed by atoms with Crippen molar-refractivity contribution in [3.05, 3.63) is 91.0 Å². The predicted molar refractivity (Wildman–Crippen MR) is 124 cm³/mol. The van der Waals surface area contributed by atoms with Crippen LogP contribution in [0.1, 0.15) is 18.4 Å². The fraction of sp³-hybridized carbons (Fsp3) is 0.200. The Kier molecular flexibility index (Phi) is 6.05. The first-order valence-electron chi connectivity index (χ1n) is 10.0. The van der Waals surface area contributed by atoms with Crippen molar-refractivity contribution >= 4 is 29.2 Å². The molecular formula is C25H27N2OS+. The van der Waals surface area contributed by atoms with Crippen molar-refractivity contribution < 1.29 is 4.74 Å². The Morgan fingerprint density at radius 1 is 0.931 bits per heavy atom. The molecule has 2 N–H and O–H groups in total. The standard InChI is InChI=1S/C25H27N2OS/c1-2-20-12-11-17-23-24(20)27(25(26)29-23,21-13-5-3-6-14-21)18-9-10-19-28-22-15-7-4-8-16-22/h2-8,11-17,25H,1,9-10,18-19,26H2/q+1. The van der Waals surface area contributed by atoms with Crippen molar-refractivity contribution in [3.8, 4) is 5.75 Å². The second-order valence-electron chi connectivity index (χ2n) is 7.20. The van der Waals surface area contributed by atoms with Gasteiger partial charge in [-0.2, -0.15) is 0 Å². The van der Waals surface area contributed by atoms with Crippen LogP contribution in [0.3, 0.4) is 0 Å². The molecule has 148 valence electrons. The topological polar surface area (TPSA) is 35.2 Å². The lowest BCUT2D eigenvalue weighted by atomic mass is 10.1. The largest absolute Gasteiger partial charge is 0.494 e. The Morgan fingerprint density at radius 3 is 2.38 bits per heavy atom. The summed E-state index contributed by atoms with van der Waals surface area (Å²) in [7, 11) is 0. The molecule has 3 aromatic carbocycles. The highest BCUT2D eigenvalue weighted by Crippen LogP contribution is 2.53. The van der Waals surface area contributed by atoms with Crippen molar-refractivity contribution in [1.82, 2.24) is 4.48 Å². The van der Waals surface area contributed by atoms with Crippen LogP contribution in [0.15, 0.2) is 90.3 Å². The molecule has 0 fully saturated rings. The number of fused-ring (bicyclic) bond motifs is 1.